The van der Waals surface area contributed by atoms with Crippen molar-refractivity contribution in [2.75, 3.05) is 6.26 Å². The van der Waals surface area contributed by atoms with Gasteiger partial charge in [0.2, 0.25) is 0 Å². The average molecular weight is 152 g/mol. The molecule has 0 aliphatic carbocycles. The van der Waals surface area contributed by atoms with Crippen molar-refractivity contribution in [3.63, 3.8) is 0 Å². The molecule has 0 radical (unpaired) electrons. The molecule has 2 unspecified atom stereocenters. The zero-order chi connectivity index (χ0) is 6.57. The molecule has 0 aromatic rings. The van der Waals surface area contributed by atoms with E-state index in [4.69, 9.17) is 3.97 Å². The van der Waals surface area contributed by atoms with Gasteiger partial charge in [-0.3, -0.25) is 0 Å². The molecule has 1 nitrogen and oxygen atoms in total. The Morgan fingerprint density at radius 3 is 2.25 bits per heavy atom. The Labute approximate surface area is 55.8 Å². The van der Waals surface area contributed by atoms with Crippen molar-refractivity contribution in [1.82, 2.24) is 0 Å². The van der Waals surface area contributed by atoms with Crippen LogP contribution >= 0.6 is 19.6 Å². The normalized spacial score (nSPS) is 16.0. The molecule has 0 heterocycles. The summed E-state index contributed by atoms with van der Waals surface area (Å²) in [5.41, 5.74) is 0.659. The van der Waals surface area contributed by atoms with Gasteiger partial charge in [0.25, 0.3) is 0 Å². The zero-order valence-corrected chi connectivity index (χ0v) is 7.42. The molecule has 0 aromatic heterocycles. The van der Waals surface area contributed by atoms with E-state index in [0.29, 0.717) is 14.5 Å². The van der Waals surface area contributed by atoms with Crippen LogP contribution in [0.25, 0.3) is 0 Å². The van der Waals surface area contributed by atoms with Crippen LogP contribution in [0.5, 0.6) is 0 Å². The molecule has 0 aliphatic heterocycles. The first-order chi connectivity index (χ1) is 3.63. The van der Waals surface area contributed by atoms with E-state index in [1.165, 1.54) is 0 Å². The van der Waals surface area contributed by atoms with Gasteiger partial charge in [-0.1, -0.05) is 24.6 Å². The molecule has 0 N–H and O–H groups in total. The maximum Gasteiger partial charge on any atom is 0.0338 e. The van der Waals surface area contributed by atoms with Crippen molar-refractivity contribution in [3.05, 3.63) is 0 Å². The van der Waals surface area contributed by atoms with E-state index in [1.54, 1.807) is 0 Å². The highest BCUT2D eigenvalue weighted by Crippen LogP contribution is 2.27. The second kappa shape index (κ2) is 4.49. The molecule has 0 aromatic carbocycles. The van der Waals surface area contributed by atoms with Gasteiger partial charge in [0.05, 0.1) is 0 Å². The quantitative estimate of drug-likeness (QED) is 0.445. The molecule has 8 heavy (non-hydrogen) atoms. The third-order valence-corrected chi connectivity index (χ3v) is 2.42. The fourth-order valence-electron chi connectivity index (χ4n) is 0.178. The minimum Gasteiger partial charge on any atom is -0.305 e. The van der Waals surface area contributed by atoms with Crippen molar-refractivity contribution in [2.45, 2.75) is 19.5 Å². The topological polar surface area (TPSA) is 9.23 Å². The molecule has 0 rings (SSSR count). The first kappa shape index (κ1) is 8.61. The Bertz CT molecular complexity index is 82.5. The zero-order valence-electron chi connectivity index (χ0n) is 5.60. The molecule has 0 aliphatic rings. The van der Waals surface area contributed by atoms with Crippen LogP contribution in [0.2, 0.25) is 0 Å². The van der Waals surface area contributed by atoms with Gasteiger partial charge in [0.1, 0.15) is 0 Å². The summed E-state index contributed by atoms with van der Waals surface area (Å²) in [6.07, 6.45) is 1.98. The van der Waals surface area contributed by atoms with E-state index in [1.807, 2.05) is 6.26 Å². The molecular weight excluding hydrogens is 139 g/mol. The number of hydrogen-bond donors (Lipinski definition) is 0. The van der Waals surface area contributed by atoms with Crippen molar-refractivity contribution < 1.29 is 3.97 Å². The largest absolute Gasteiger partial charge is 0.305 e. The Kier molecular flexibility index (Phi) is 4.83. The molecule has 0 saturated heterocycles. The summed E-state index contributed by atoms with van der Waals surface area (Å²) in [5.74, 6) is 3.72. The van der Waals surface area contributed by atoms with Crippen molar-refractivity contribution in [1.29, 1.82) is 0 Å². The van der Waals surface area contributed by atoms with Crippen LogP contribution in [0.1, 0.15) is 13.8 Å². The second-order valence-corrected chi connectivity index (χ2v) is 5.13. The first-order valence-electron chi connectivity index (χ1n) is 2.51. The standard InChI is InChI=1S/C5H13OPS/c1-5(2)7-6-8(3)4/h5,7H,3H2,1-2,4H3. The summed E-state index contributed by atoms with van der Waals surface area (Å²) >= 11 is 0. The van der Waals surface area contributed by atoms with Crippen LogP contribution < -0.4 is 0 Å². The maximum absolute atomic E-state index is 5.25. The minimum atomic E-state index is -0.0738. The molecule has 2 atom stereocenters. The molecule has 0 fully saturated rings. The lowest BCUT2D eigenvalue weighted by molar-refractivity contribution is 0.727. The Balaban J connectivity index is 3.05. The predicted molar refractivity (Wildman–Crippen MR) is 45.2 cm³/mol. The van der Waals surface area contributed by atoms with Gasteiger partial charge in [-0.05, 0) is 11.5 Å². The van der Waals surface area contributed by atoms with Crippen LogP contribution in [-0.2, 0) is 3.97 Å². The Morgan fingerprint density at radius 1 is 1.62 bits per heavy atom. The van der Waals surface area contributed by atoms with Crippen LogP contribution in [0.4, 0.5) is 0 Å². The second-order valence-electron chi connectivity index (χ2n) is 1.93. The highest BCUT2D eigenvalue weighted by atomic mass is 32.2. The molecule has 3 heteroatoms. The van der Waals surface area contributed by atoms with Gasteiger partial charge in [0, 0.05) is 15.1 Å². The highest BCUT2D eigenvalue weighted by Gasteiger charge is 1.90. The monoisotopic (exact) mass is 152 g/mol. The fourth-order valence-corrected chi connectivity index (χ4v) is 1.61. The summed E-state index contributed by atoms with van der Waals surface area (Å²) in [7, 11) is 0.545. The van der Waals surface area contributed by atoms with E-state index in [9.17, 15) is 0 Å². The lowest BCUT2D eigenvalue weighted by atomic mass is 10.6. The van der Waals surface area contributed by atoms with E-state index < -0.39 is 0 Å². The average Bonchev–Trinajstić information content (AvgIpc) is 1.61. The van der Waals surface area contributed by atoms with Crippen molar-refractivity contribution in [2.24, 2.45) is 0 Å². The van der Waals surface area contributed by atoms with E-state index in [-0.39, 0.29) is 10.8 Å². The SMILES string of the molecule is C=S(C)OPC(C)C. The number of hydrogen-bond acceptors (Lipinski definition) is 1. The van der Waals surface area contributed by atoms with Gasteiger partial charge < -0.3 is 3.97 Å². The molecule has 0 spiro atoms. The van der Waals surface area contributed by atoms with Crippen molar-refractivity contribution in [3.8, 4) is 0 Å². The van der Waals surface area contributed by atoms with E-state index in [0.717, 1.165) is 0 Å². The Morgan fingerprint density at radius 2 is 2.12 bits per heavy atom. The van der Waals surface area contributed by atoms with E-state index >= 15 is 0 Å². The molecule has 50 valence electrons. The van der Waals surface area contributed by atoms with Crippen LogP contribution in [0, 0.1) is 0 Å². The van der Waals surface area contributed by atoms with E-state index in [2.05, 4.69) is 19.7 Å². The van der Waals surface area contributed by atoms with Gasteiger partial charge in [-0.15, -0.1) is 0 Å². The summed E-state index contributed by atoms with van der Waals surface area (Å²) in [6, 6.07) is 0. The third-order valence-electron chi connectivity index (χ3n) is 0.426. The van der Waals surface area contributed by atoms with Gasteiger partial charge in [-0.2, -0.15) is 0 Å². The summed E-state index contributed by atoms with van der Waals surface area (Å²) in [6.45, 7) is 4.29. The number of rotatable bonds is 3. The third kappa shape index (κ3) is 6.61. The first-order valence-corrected chi connectivity index (χ1v) is 5.22. The summed E-state index contributed by atoms with van der Waals surface area (Å²) in [4.78, 5) is 0. The summed E-state index contributed by atoms with van der Waals surface area (Å²) in [5, 5.41) is 0. The maximum atomic E-state index is 5.25. The van der Waals surface area contributed by atoms with Crippen molar-refractivity contribution >= 4 is 25.4 Å². The molecular formula is C5H13OPS. The van der Waals surface area contributed by atoms with Gasteiger partial charge in [0.15, 0.2) is 0 Å². The fraction of sp³-hybridized carbons (Fsp3) is 0.800. The Hall–Kier alpha value is 0.610. The highest BCUT2D eigenvalue weighted by molar-refractivity contribution is 8.11. The van der Waals surface area contributed by atoms with Crippen LogP contribution in [0.3, 0.4) is 0 Å². The van der Waals surface area contributed by atoms with Crippen LogP contribution in [-0.4, -0.2) is 17.8 Å². The summed E-state index contributed by atoms with van der Waals surface area (Å²) < 4.78 is 5.25. The minimum absolute atomic E-state index is 0.0738. The molecule has 0 saturated carbocycles. The molecule has 0 bridgehead atoms. The van der Waals surface area contributed by atoms with Gasteiger partial charge >= 0.3 is 0 Å². The van der Waals surface area contributed by atoms with Crippen LogP contribution in [0.15, 0.2) is 0 Å². The lowest BCUT2D eigenvalue weighted by Gasteiger charge is -2.03. The predicted octanol–water partition coefficient (Wildman–Crippen LogP) is 2.25. The van der Waals surface area contributed by atoms with Gasteiger partial charge in [-0.25, -0.2) is 0 Å². The lowest BCUT2D eigenvalue weighted by Crippen LogP contribution is -1.81. The molecule has 0 amide bonds. The smallest absolute Gasteiger partial charge is 0.0338 e.